The minimum absolute atomic E-state index is 0.0617. The summed E-state index contributed by atoms with van der Waals surface area (Å²) in [6, 6.07) is 24.8. The summed E-state index contributed by atoms with van der Waals surface area (Å²) in [7, 11) is 0. The summed E-state index contributed by atoms with van der Waals surface area (Å²) in [4.78, 5) is 20.2. The molecule has 0 unspecified atom stereocenters. The molecule has 0 aliphatic carbocycles. The van der Waals surface area contributed by atoms with Crippen LogP contribution in [0.4, 0.5) is 11.4 Å². The van der Waals surface area contributed by atoms with Crippen molar-refractivity contribution in [1.29, 1.82) is 0 Å². The molecule has 1 aliphatic heterocycles. The Kier molecular flexibility index (Phi) is 7.08. The van der Waals surface area contributed by atoms with Crippen molar-refractivity contribution in [3.63, 3.8) is 0 Å². The topological polar surface area (TPSA) is 66.5 Å². The molecule has 176 valence electrons. The molecule has 3 heterocycles. The van der Waals surface area contributed by atoms with Crippen LogP contribution in [0, 0.1) is 0 Å². The van der Waals surface area contributed by atoms with Crippen LogP contribution in [0.3, 0.4) is 0 Å². The number of carbonyl (C=O) groups is 1. The summed E-state index contributed by atoms with van der Waals surface area (Å²) in [5, 5.41) is 9.03. The molecule has 0 radical (unpaired) electrons. The van der Waals surface area contributed by atoms with Crippen molar-refractivity contribution in [2.24, 2.45) is 0 Å². The number of halogens is 1. The molecule has 2 atom stereocenters. The first-order chi connectivity index (χ1) is 17.1. The summed E-state index contributed by atoms with van der Waals surface area (Å²) in [5.41, 5.74) is 2.54. The summed E-state index contributed by atoms with van der Waals surface area (Å²) in [5.74, 6) is 0.429. The van der Waals surface area contributed by atoms with Crippen molar-refractivity contribution < 1.29 is 9.53 Å². The highest BCUT2D eigenvalue weighted by Gasteiger charge is 2.41. The van der Waals surface area contributed by atoms with E-state index in [1.807, 2.05) is 72.8 Å². The van der Waals surface area contributed by atoms with Gasteiger partial charge in [-0.1, -0.05) is 24.3 Å². The minimum Gasteiger partial charge on any atom is -0.484 e. The fraction of sp³-hybridized carbons (Fsp3) is 0.115. The van der Waals surface area contributed by atoms with Crippen LogP contribution in [0.25, 0.3) is 0 Å². The van der Waals surface area contributed by atoms with E-state index in [9.17, 15) is 4.79 Å². The summed E-state index contributed by atoms with van der Waals surface area (Å²) < 4.78 is 6.56. The molecule has 9 heteroatoms. The molecule has 2 aromatic heterocycles. The van der Waals surface area contributed by atoms with Gasteiger partial charge in [0.05, 0.1) is 17.8 Å². The van der Waals surface area contributed by atoms with Crippen molar-refractivity contribution >= 4 is 61.9 Å². The Bertz CT molecular complexity index is 1320. The minimum atomic E-state index is -0.225. The predicted octanol–water partition coefficient (Wildman–Crippen LogP) is 6.10. The van der Waals surface area contributed by atoms with Crippen LogP contribution in [-0.4, -0.2) is 22.6 Å². The van der Waals surface area contributed by atoms with Crippen molar-refractivity contribution in [1.82, 2.24) is 10.3 Å². The van der Waals surface area contributed by atoms with Gasteiger partial charge < -0.3 is 20.3 Å². The van der Waals surface area contributed by atoms with Crippen LogP contribution in [0.2, 0.25) is 0 Å². The van der Waals surface area contributed by atoms with Gasteiger partial charge in [-0.2, -0.15) is 0 Å². The van der Waals surface area contributed by atoms with Gasteiger partial charge in [-0.15, -0.1) is 11.3 Å². The molecule has 35 heavy (non-hydrogen) atoms. The number of para-hydroxylation sites is 1. The molecule has 0 spiro atoms. The number of rotatable bonds is 7. The molecule has 6 nitrogen and oxygen atoms in total. The smallest absolute Gasteiger partial charge is 0.262 e. The maximum atomic E-state index is 12.3. The third-order valence-electron chi connectivity index (χ3n) is 5.52. The number of anilines is 2. The lowest BCUT2D eigenvalue weighted by Gasteiger charge is -2.27. The maximum absolute atomic E-state index is 12.3. The number of benzene rings is 2. The average Bonchev–Trinajstić information content (AvgIpc) is 3.47. The zero-order valence-electron chi connectivity index (χ0n) is 18.4. The number of aromatic nitrogens is 1. The van der Waals surface area contributed by atoms with E-state index in [2.05, 4.69) is 47.9 Å². The molecule has 2 N–H and O–H groups in total. The Morgan fingerprint density at radius 2 is 1.89 bits per heavy atom. The first-order valence-corrected chi connectivity index (χ1v) is 13.0. The summed E-state index contributed by atoms with van der Waals surface area (Å²) in [6.07, 6.45) is 1.79. The van der Waals surface area contributed by atoms with Gasteiger partial charge in [0.15, 0.2) is 11.7 Å². The predicted molar refractivity (Wildman–Crippen MR) is 147 cm³/mol. The molecule has 1 aliphatic rings. The van der Waals surface area contributed by atoms with Gasteiger partial charge in [-0.05, 0) is 82.7 Å². The largest absolute Gasteiger partial charge is 0.484 e. The number of nitrogens with one attached hydrogen (secondary N) is 2. The molecule has 1 saturated heterocycles. The Morgan fingerprint density at radius 3 is 2.57 bits per heavy atom. The van der Waals surface area contributed by atoms with E-state index >= 15 is 0 Å². The lowest BCUT2D eigenvalue weighted by Crippen LogP contribution is -2.29. The number of carbonyl (C=O) groups excluding carboxylic acids is 1. The molecule has 1 fully saturated rings. The Balaban J connectivity index is 1.34. The van der Waals surface area contributed by atoms with Crippen LogP contribution in [0.5, 0.6) is 5.75 Å². The van der Waals surface area contributed by atoms with Crippen LogP contribution < -0.4 is 20.3 Å². The molecular weight excluding hydrogens is 544 g/mol. The average molecular weight is 566 g/mol. The number of amides is 1. The standard InChI is InChI=1S/C26H21BrN4O2S2/c27-17-14-22(35-16-17)25-24(21-8-4-5-13-28-21)30-26(34)31(25)19-11-9-18(10-12-19)29-23(32)15-33-20-6-2-1-3-7-20/h1-14,16,24-25H,15H2,(H,29,32)(H,30,34)/t24-,25-/m1/s1. The fourth-order valence-electron chi connectivity index (χ4n) is 3.97. The SMILES string of the molecule is O=C(COc1ccccc1)Nc1ccc(N2C(=S)N[C@H](c3ccccn3)[C@H]2c2cc(Br)cs2)cc1. The molecule has 1 amide bonds. The van der Waals surface area contributed by atoms with Crippen LogP contribution >= 0.6 is 39.5 Å². The van der Waals surface area contributed by atoms with Crippen molar-refractivity contribution in [3.8, 4) is 5.75 Å². The highest BCUT2D eigenvalue weighted by molar-refractivity contribution is 9.10. The fourth-order valence-corrected chi connectivity index (χ4v) is 5.89. The van der Waals surface area contributed by atoms with Gasteiger partial charge in [0, 0.05) is 32.3 Å². The Morgan fingerprint density at radius 1 is 1.11 bits per heavy atom. The molecule has 0 saturated carbocycles. The van der Waals surface area contributed by atoms with Gasteiger partial charge in [0.2, 0.25) is 0 Å². The van der Waals surface area contributed by atoms with Gasteiger partial charge in [0.1, 0.15) is 5.75 Å². The molecule has 4 aromatic rings. The number of thiocarbonyl (C=S) groups is 1. The van der Waals surface area contributed by atoms with Gasteiger partial charge in [-0.25, -0.2) is 0 Å². The molecular formula is C26H21BrN4O2S2. The normalized spacial score (nSPS) is 17.2. The lowest BCUT2D eigenvalue weighted by molar-refractivity contribution is -0.118. The number of thiophene rings is 1. The third kappa shape index (κ3) is 5.37. The number of hydrogen-bond acceptors (Lipinski definition) is 5. The van der Waals surface area contributed by atoms with E-state index in [1.54, 1.807) is 17.5 Å². The molecule has 2 aromatic carbocycles. The highest BCUT2D eigenvalue weighted by Crippen LogP contribution is 2.44. The van der Waals surface area contributed by atoms with Gasteiger partial charge in [-0.3, -0.25) is 9.78 Å². The Labute approximate surface area is 221 Å². The summed E-state index contributed by atoms with van der Waals surface area (Å²) in [6.45, 7) is -0.0625. The molecule has 0 bridgehead atoms. The van der Waals surface area contributed by atoms with E-state index in [0.717, 1.165) is 20.7 Å². The van der Waals surface area contributed by atoms with Crippen LogP contribution in [0.15, 0.2) is 94.9 Å². The lowest BCUT2D eigenvalue weighted by atomic mass is 10.0. The zero-order chi connectivity index (χ0) is 24.2. The van der Waals surface area contributed by atoms with E-state index in [1.165, 1.54) is 0 Å². The van der Waals surface area contributed by atoms with Crippen molar-refractivity contribution in [2.45, 2.75) is 12.1 Å². The van der Waals surface area contributed by atoms with E-state index in [4.69, 9.17) is 17.0 Å². The Hall–Kier alpha value is -3.27. The first-order valence-electron chi connectivity index (χ1n) is 10.9. The maximum Gasteiger partial charge on any atom is 0.262 e. The second-order valence-corrected chi connectivity index (χ2v) is 10.1. The van der Waals surface area contributed by atoms with E-state index in [0.29, 0.717) is 16.5 Å². The number of ether oxygens (including phenoxy) is 1. The van der Waals surface area contributed by atoms with E-state index in [-0.39, 0.29) is 24.6 Å². The zero-order valence-corrected chi connectivity index (χ0v) is 21.6. The third-order valence-corrected chi connectivity index (χ3v) is 7.60. The van der Waals surface area contributed by atoms with Gasteiger partial charge >= 0.3 is 0 Å². The van der Waals surface area contributed by atoms with Gasteiger partial charge in [0.25, 0.3) is 5.91 Å². The first kappa shape index (κ1) is 23.5. The second-order valence-electron chi connectivity index (χ2n) is 7.86. The van der Waals surface area contributed by atoms with Crippen LogP contribution in [0.1, 0.15) is 22.7 Å². The quantitative estimate of drug-likeness (QED) is 0.264. The number of hydrogen-bond donors (Lipinski definition) is 2. The number of pyridine rings is 1. The molecule has 5 rings (SSSR count). The highest BCUT2D eigenvalue weighted by atomic mass is 79.9. The van der Waals surface area contributed by atoms with Crippen molar-refractivity contribution in [2.75, 3.05) is 16.8 Å². The number of nitrogens with zero attached hydrogens (tertiary/aromatic N) is 2. The van der Waals surface area contributed by atoms with E-state index < -0.39 is 0 Å². The summed E-state index contributed by atoms with van der Waals surface area (Å²) >= 11 is 11.0. The van der Waals surface area contributed by atoms with Crippen molar-refractivity contribution in [3.05, 3.63) is 105 Å². The van der Waals surface area contributed by atoms with Crippen LogP contribution in [-0.2, 0) is 4.79 Å². The second kappa shape index (κ2) is 10.6. The monoisotopic (exact) mass is 564 g/mol.